The van der Waals surface area contributed by atoms with E-state index in [1.807, 2.05) is 24.6 Å². The van der Waals surface area contributed by atoms with Gasteiger partial charge in [0.25, 0.3) is 12.3 Å². The van der Waals surface area contributed by atoms with Crippen molar-refractivity contribution in [2.24, 2.45) is 0 Å². The average molecular weight is 503 g/mol. The second kappa shape index (κ2) is 9.15. The van der Waals surface area contributed by atoms with Crippen molar-refractivity contribution in [2.75, 3.05) is 6.54 Å². The summed E-state index contributed by atoms with van der Waals surface area (Å²) < 4.78 is 31.2. The van der Waals surface area contributed by atoms with Crippen molar-refractivity contribution < 1.29 is 13.6 Å². The van der Waals surface area contributed by atoms with Crippen LogP contribution in [-0.4, -0.2) is 36.8 Å². The van der Waals surface area contributed by atoms with Crippen LogP contribution in [0.15, 0.2) is 47.1 Å². The van der Waals surface area contributed by atoms with E-state index in [2.05, 4.69) is 36.4 Å². The van der Waals surface area contributed by atoms with Gasteiger partial charge in [-0.2, -0.15) is 10.2 Å². The Bertz CT molecular complexity index is 1270. The van der Waals surface area contributed by atoms with Gasteiger partial charge in [0, 0.05) is 24.3 Å². The van der Waals surface area contributed by atoms with Crippen molar-refractivity contribution in [3.8, 4) is 11.3 Å². The average Bonchev–Trinajstić information content (AvgIpc) is 3.33. The van der Waals surface area contributed by atoms with Crippen LogP contribution in [0.3, 0.4) is 0 Å². The summed E-state index contributed by atoms with van der Waals surface area (Å²) in [6, 6.07) is 10.3. The Hall–Kier alpha value is -3.14. The Morgan fingerprint density at radius 3 is 2.62 bits per heavy atom. The maximum atomic E-state index is 13.7. The largest absolute Gasteiger partial charge is 0.352 e. The molecule has 1 N–H and O–H groups in total. The number of aromatic nitrogens is 5. The highest BCUT2D eigenvalue weighted by Crippen LogP contribution is 2.26. The Morgan fingerprint density at radius 1 is 1.22 bits per heavy atom. The molecule has 7 nitrogen and oxygen atoms in total. The highest BCUT2D eigenvalue weighted by molar-refractivity contribution is 9.10. The third kappa shape index (κ3) is 4.27. The number of nitrogens with zero attached hydrogens (tertiary/aromatic N) is 5. The zero-order valence-electron chi connectivity index (χ0n) is 17.5. The summed E-state index contributed by atoms with van der Waals surface area (Å²) in [5.74, 6) is -0.410. The summed E-state index contributed by atoms with van der Waals surface area (Å²) in [6.07, 6.45) is -0.834. The maximum absolute atomic E-state index is 13.7. The number of rotatable bonds is 7. The van der Waals surface area contributed by atoms with Gasteiger partial charge in [0.15, 0.2) is 5.65 Å². The van der Waals surface area contributed by atoms with Gasteiger partial charge in [0.05, 0.1) is 22.1 Å². The van der Waals surface area contributed by atoms with E-state index in [1.165, 1.54) is 12.3 Å². The lowest BCUT2D eigenvalue weighted by molar-refractivity contribution is 0.0953. The number of halogens is 3. The number of nitrogens with one attached hydrogen (secondary N) is 1. The third-order valence-corrected chi connectivity index (χ3v) is 6.31. The fourth-order valence-electron chi connectivity index (χ4n) is 3.48. The smallest absolute Gasteiger partial charge is 0.280 e. The van der Waals surface area contributed by atoms with Crippen LogP contribution in [0, 0.1) is 13.8 Å². The number of carbonyl (C=O) groups is 1. The molecule has 32 heavy (non-hydrogen) atoms. The van der Waals surface area contributed by atoms with Crippen molar-refractivity contribution in [1.82, 2.24) is 29.7 Å². The molecule has 1 aromatic carbocycles. The van der Waals surface area contributed by atoms with Gasteiger partial charge in [-0.25, -0.2) is 18.3 Å². The van der Waals surface area contributed by atoms with Crippen molar-refractivity contribution in [3.63, 3.8) is 0 Å². The minimum absolute atomic E-state index is 0.0987. The van der Waals surface area contributed by atoms with Gasteiger partial charge in [-0.3, -0.25) is 9.48 Å². The molecule has 0 aliphatic heterocycles. The van der Waals surface area contributed by atoms with Crippen LogP contribution in [0.5, 0.6) is 0 Å². The number of amides is 1. The Labute approximate surface area is 191 Å². The number of alkyl halides is 2. The van der Waals surface area contributed by atoms with Gasteiger partial charge in [0.1, 0.15) is 11.3 Å². The Morgan fingerprint density at radius 2 is 1.97 bits per heavy atom. The fourth-order valence-corrected chi connectivity index (χ4v) is 3.76. The highest BCUT2D eigenvalue weighted by atomic mass is 79.9. The lowest BCUT2D eigenvalue weighted by Crippen LogP contribution is -2.25. The molecule has 4 rings (SSSR count). The molecule has 10 heteroatoms. The second-order valence-electron chi connectivity index (χ2n) is 7.34. The highest BCUT2D eigenvalue weighted by Gasteiger charge is 2.21. The molecule has 0 spiro atoms. The van der Waals surface area contributed by atoms with Gasteiger partial charge in [-0.1, -0.05) is 30.3 Å². The molecular weight excluding hydrogens is 482 g/mol. The van der Waals surface area contributed by atoms with Crippen LogP contribution >= 0.6 is 15.9 Å². The molecular formula is C22H21BrF2N6O. The monoisotopic (exact) mass is 502 g/mol. The van der Waals surface area contributed by atoms with Gasteiger partial charge in [-0.15, -0.1) is 0 Å². The molecule has 0 fully saturated rings. The topological polar surface area (TPSA) is 77.1 Å². The van der Waals surface area contributed by atoms with E-state index in [1.54, 1.807) is 24.3 Å². The second-order valence-corrected chi connectivity index (χ2v) is 8.14. The van der Waals surface area contributed by atoms with Crippen LogP contribution < -0.4 is 5.32 Å². The molecule has 3 aromatic heterocycles. The SMILES string of the molecule is Cc1nn(CCCNC(=O)c2cnn3c(C(F)F)cc(-c4ccccc4)nc23)c(C)c1Br. The first-order chi connectivity index (χ1) is 15.4. The van der Waals surface area contributed by atoms with Gasteiger partial charge in [-0.05, 0) is 42.3 Å². The summed E-state index contributed by atoms with van der Waals surface area (Å²) in [7, 11) is 0. The van der Waals surface area contributed by atoms with E-state index in [0.717, 1.165) is 20.4 Å². The van der Waals surface area contributed by atoms with Crippen molar-refractivity contribution in [3.05, 3.63) is 69.7 Å². The predicted octanol–water partition coefficient (Wildman–Crippen LogP) is 4.73. The molecule has 0 bridgehead atoms. The van der Waals surface area contributed by atoms with Crippen LogP contribution in [0.1, 0.15) is 40.3 Å². The minimum atomic E-state index is -2.76. The minimum Gasteiger partial charge on any atom is -0.352 e. The quantitative estimate of drug-likeness (QED) is 0.370. The van der Waals surface area contributed by atoms with Crippen LogP contribution in [0.25, 0.3) is 16.9 Å². The van der Waals surface area contributed by atoms with Crippen molar-refractivity contribution in [1.29, 1.82) is 0 Å². The Balaban J connectivity index is 1.53. The normalized spacial score (nSPS) is 11.4. The standard InChI is InChI=1S/C22H21BrF2N6O/c1-13-19(23)14(2)30(29-13)10-6-9-26-22(32)16-12-27-31-18(20(24)25)11-17(28-21(16)31)15-7-4-3-5-8-15/h3-5,7-8,11-12,20H,6,9-10H2,1-2H3,(H,26,32). The molecule has 1 amide bonds. The first-order valence-corrected chi connectivity index (χ1v) is 10.9. The molecule has 166 valence electrons. The van der Waals surface area contributed by atoms with E-state index in [4.69, 9.17) is 0 Å². The van der Waals surface area contributed by atoms with Crippen LogP contribution in [-0.2, 0) is 6.54 Å². The first kappa shape index (κ1) is 22.1. The number of carbonyl (C=O) groups excluding carboxylic acids is 1. The number of aryl methyl sites for hydroxylation is 2. The molecule has 0 aliphatic carbocycles. The molecule has 3 heterocycles. The van der Waals surface area contributed by atoms with E-state index in [9.17, 15) is 13.6 Å². The Kier molecular flexibility index (Phi) is 6.31. The fraction of sp³-hybridized carbons (Fsp3) is 0.273. The number of benzene rings is 1. The van der Waals surface area contributed by atoms with Crippen molar-refractivity contribution in [2.45, 2.75) is 33.2 Å². The predicted molar refractivity (Wildman–Crippen MR) is 120 cm³/mol. The summed E-state index contributed by atoms with van der Waals surface area (Å²) in [6.45, 7) is 4.93. The first-order valence-electron chi connectivity index (χ1n) is 10.1. The van der Waals surface area contributed by atoms with Gasteiger partial charge >= 0.3 is 0 Å². The number of hydrogen-bond donors (Lipinski definition) is 1. The zero-order chi connectivity index (χ0) is 22.8. The van der Waals surface area contributed by atoms with Gasteiger partial charge < -0.3 is 5.32 Å². The molecule has 0 radical (unpaired) electrons. The van der Waals surface area contributed by atoms with E-state index >= 15 is 0 Å². The lowest BCUT2D eigenvalue weighted by atomic mass is 10.1. The molecule has 0 aliphatic rings. The molecule has 0 saturated carbocycles. The number of fused-ring (bicyclic) bond motifs is 1. The van der Waals surface area contributed by atoms with Crippen LogP contribution in [0.4, 0.5) is 8.78 Å². The summed E-state index contributed by atoms with van der Waals surface area (Å²) >= 11 is 3.50. The summed E-state index contributed by atoms with van der Waals surface area (Å²) in [4.78, 5) is 17.2. The van der Waals surface area contributed by atoms with E-state index in [0.29, 0.717) is 30.8 Å². The number of hydrogen-bond acceptors (Lipinski definition) is 4. The van der Waals surface area contributed by atoms with Crippen LogP contribution in [0.2, 0.25) is 0 Å². The molecule has 4 aromatic rings. The lowest BCUT2D eigenvalue weighted by Gasteiger charge is -2.09. The summed E-state index contributed by atoms with van der Waals surface area (Å²) in [5.41, 5.74) is 2.91. The summed E-state index contributed by atoms with van der Waals surface area (Å²) in [5, 5.41) is 11.3. The molecule has 0 saturated heterocycles. The molecule has 0 atom stereocenters. The van der Waals surface area contributed by atoms with Gasteiger partial charge in [0.2, 0.25) is 0 Å². The molecule has 0 unspecified atom stereocenters. The van der Waals surface area contributed by atoms with E-state index in [-0.39, 0.29) is 16.9 Å². The third-order valence-electron chi connectivity index (χ3n) is 5.16. The maximum Gasteiger partial charge on any atom is 0.280 e. The zero-order valence-corrected chi connectivity index (χ0v) is 19.1. The van der Waals surface area contributed by atoms with Crippen molar-refractivity contribution >= 4 is 27.5 Å². The van der Waals surface area contributed by atoms with E-state index < -0.39 is 12.3 Å².